The number of hydrogen-bond donors (Lipinski definition) is 0. The molecule has 0 bridgehead atoms. The highest BCUT2D eigenvalue weighted by Crippen LogP contribution is 2.17. The summed E-state index contributed by atoms with van der Waals surface area (Å²) >= 11 is 0. The summed E-state index contributed by atoms with van der Waals surface area (Å²) in [6.07, 6.45) is 1.63. The van der Waals surface area contributed by atoms with Crippen LogP contribution in [0.25, 0.3) is 0 Å². The van der Waals surface area contributed by atoms with Crippen molar-refractivity contribution in [2.24, 2.45) is 0 Å². The maximum absolute atomic E-state index is 12.2. The van der Waals surface area contributed by atoms with E-state index in [4.69, 9.17) is 13.9 Å². The molecule has 2 fully saturated rings. The Labute approximate surface area is 157 Å². The number of sulfone groups is 1. The molecular formula is C17H24N2O7S. The van der Waals surface area contributed by atoms with E-state index in [1.807, 2.05) is 0 Å². The quantitative estimate of drug-likeness (QED) is 0.629. The minimum absolute atomic E-state index is 0.0341. The van der Waals surface area contributed by atoms with E-state index in [0.717, 1.165) is 13.1 Å². The summed E-state index contributed by atoms with van der Waals surface area (Å²) in [5, 5.41) is 0. The predicted octanol–water partition coefficient (Wildman–Crippen LogP) is -0.504. The Kier molecular flexibility index (Phi) is 6.18. The number of morpholine rings is 1. The molecule has 0 aliphatic carbocycles. The molecule has 0 spiro atoms. The number of likely N-dealkylation sites (N-methyl/N-ethyl adjacent to an activating group) is 1. The Morgan fingerprint density at radius 1 is 1.37 bits per heavy atom. The van der Waals surface area contributed by atoms with Gasteiger partial charge in [0.1, 0.15) is 12.0 Å². The van der Waals surface area contributed by atoms with E-state index in [1.165, 1.54) is 17.2 Å². The van der Waals surface area contributed by atoms with E-state index in [2.05, 4.69) is 4.90 Å². The first-order valence-electron chi connectivity index (χ1n) is 8.85. The van der Waals surface area contributed by atoms with Gasteiger partial charge in [0.15, 0.2) is 16.4 Å². The monoisotopic (exact) mass is 400 g/mol. The molecule has 1 aromatic heterocycles. The van der Waals surface area contributed by atoms with Gasteiger partial charge in [-0.2, -0.15) is 0 Å². The van der Waals surface area contributed by atoms with Crippen LogP contribution in [0.2, 0.25) is 0 Å². The number of carbonyl (C=O) groups is 1. The van der Waals surface area contributed by atoms with Crippen molar-refractivity contribution in [3.63, 3.8) is 0 Å². The van der Waals surface area contributed by atoms with Gasteiger partial charge in [0.2, 0.25) is 11.2 Å². The lowest BCUT2D eigenvalue weighted by molar-refractivity contribution is -0.133. The van der Waals surface area contributed by atoms with Gasteiger partial charge in [-0.15, -0.1) is 0 Å². The molecule has 0 radical (unpaired) electrons. The van der Waals surface area contributed by atoms with Crippen LogP contribution in [0.3, 0.4) is 0 Å². The molecule has 10 heteroatoms. The molecule has 1 amide bonds. The zero-order valence-electron chi connectivity index (χ0n) is 15.3. The summed E-state index contributed by atoms with van der Waals surface area (Å²) < 4.78 is 39.1. The third-order valence-corrected chi connectivity index (χ3v) is 6.59. The van der Waals surface area contributed by atoms with Crippen molar-refractivity contribution in [2.45, 2.75) is 19.0 Å². The van der Waals surface area contributed by atoms with E-state index >= 15 is 0 Å². The molecule has 2 saturated heterocycles. The first-order valence-corrected chi connectivity index (χ1v) is 10.7. The Morgan fingerprint density at radius 3 is 2.74 bits per heavy atom. The highest BCUT2D eigenvalue weighted by atomic mass is 32.2. The average molecular weight is 400 g/mol. The Bertz CT molecular complexity index is 830. The van der Waals surface area contributed by atoms with E-state index in [1.54, 1.807) is 7.05 Å². The van der Waals surface area contributed by atoms with Gasteiger partial charge in [-0.05, 0) is 6.42 Å². The smallest absolute Gasteiger partial charge is 0.260 e. The van der Waals surface area contributed by atoms with Gasteiger partial charge >= 0.3 is 0 Å². The van der Waals surface area contributed by atoms with Gasteiger partial charge in [-0.3, -0.25) is 14.5 Å². The highest BCUT2D eigenvalue weighted by molar-refractivity contribution is 7.91. The van der Waals surface area contributed by atoms with E-state index < -0.39 is 9.84 Å². The van der Waals surface area contributed by atoms with E-state index in [0.29, 0.717) is 31.9 Å². The average Bonchev–Trinajstić information content (AvgIpc) is 3.01. The topological polar surface area (TPSA) is 106 Å². The van der Waals surface area contributed by atoms with Crippen LogP contribution in [0.5, 0.6) is 5.75 Å². The zero-order chi connectivity index (χ0) is 19.4. The molecule has 0 N–H and O–H groups in total. The van der Waals surface area contributed by atoms with Crippen molar-refractivity contribution in [2.75, 3.05) is 51.5 Å². The highest BCUT2D eigenvalue weighted by Gasteiger charge is 2.32. The number of carbonyl (C=O) groups excluding carboxylic acids is 1. The fraction of sp³-hybridized carbons (Fsp3) is 0.647. The largest absolute Gasteiger partial charge is 0.477 e. The first kappa shape index (κ1) is 19.8. The van der Waals surface area contributed by atoms with Crippen LogP contribution < -0.4 is 10.2 Å². The third kappa shape index (κ3) is 5.30. The van der Waals surface area contributed by atoms with Gasteiger partial charge in [-0.25, -0.2) is 8.42 Å². The summed E-state index contributed by atoms with van der Waals surface area (Å²) in [5.74, 6) is 0.155. The van der Waals surface area contributed by atoms with Crippen molar-refractivity contribution >= 4 is 15.7 Å². The Hall–Kier alpha value is -1.91. The maximum Gasteiger partial charge on any atom is 0.260 e. The third-order valence-electron chi connectivity index (χ3n) is 4.84. The van der Waals surface area contributed by atoms with Gasteiger partial charge in [-0.1, -0.05) is 0 Å². The van der Waals surface area contributed by atoms with Gasteiger partial charge in [0.25, 0.3) is 5.91 Å². The molecule has 1 aromatic rings. The van der Waals surface area contributed by atoms with Crippen LogP contribution in [-0.2, 0) is 25.9 Å². The SMILES string of the molecule is CN(C(=O)COc1coc(CN2CCOCC2)cc1=O)[C@@H]1CCS(=O)(=O)C1. The lowest BCUT2D eigenvalue weighted by atomic mass is 10.2. The van der Waals surface area contributed by atoms with E-state index in [-0.39, 0.29) is 41.2 Å². The van der Waals surface area contributed by atoms with Crippen LogP contribution in [-0.4, -0.2) is 81.6 Å². The molecule has 27 heavy (non-hydrogen) atoms. The molecule has 150 valence electrons. The van der Waals surface area contributed by atoms with Crippen molar-refractivity contribution < 1.29 is 27.1 Å². The molecule has 0 saturated carbocycles. The molecule has 3 rings (SSSR count). The summed E-state index contributed by atoms with van der Waals surface area (Å²) in [6.45, 7) is 3.03. The van der Waals surface area contributed by atoms with Crippen molar-refractivity contribution in [1.29, 1.82) is 0 Å². The van der Waals surface area contributed by atoms with Crippen LogP contribution in [0.15, 0.2) is 21.5 Å². The summed E-state index contributed by atoms with van der Waals surface area (Å²) in [4.78, 5) is 27.9. The van der Waals surface area contributed by atoms with Crippen LogP contribution in [0.4, 0.5) is 0 Å². The van der Waals surface area contributed by atoms with Gasteiger partial charge in [0.05, 0.1) is 31.3 Å². The van der Waals surface area contributed by atoms with Crippen molar-refractivity contribution in [1.82, 2.24) is 9.80 Å². The summed E-state index contributed by atoms with van der Waals surface area (Å²) in [6, 6.07) is 1.01. The fourth-order valence-electron chi connectivity index (χ4n) is 3.13. The molecule has 3 heterocycles. The molecule has 9 nitrogen and oxygen atoms in total. The van der Waals surface area contributed by atoms with Crippen LogP contribution in [0, 0.1) is 0 Å². The second-order valence-corrected chi connectivity index (χ2v) is 9.04. The second-order valence-electron chi connectivity index (χ2n) is 6.81. The predicted molar refractivity (Wildman–Crippen MR) is 96.4 cm³/mol. The van der Waals surface area contributed by atoms with Crippen molar-refractivity contribution in [3.05, 3.63) is 28.3 Å². The van der Waals surface area contributed by atoms with Gasteiger partial charge < -0.3 is 18.8 Å². The molecular weight excluding hydrogens is 376 g/mol. The number of amides is 1. The molecule has 2 aliphatic rings. The fourth-order valence-corrected chi connectivity index (χ4v) is 4.91. The minimum Gasteiger partial charge on any atom is -0.477 e. The van der Waals surface area contributed by atoms with E-state index in [9.17, 15) is 18.0 Å². The molecule has 1 atom stereocenters. The summed E-state index contributed by atoms with van der Waals surface area (Å²) in [7, 11) is -1.53. The van der Waals surface area contributed by atoms with Crippen molar-refractivity contribution in [3.8, 4) is 5.75 Å². The summed E-state index contributed by atoms with van der Waals surface area (Å²) in [5.41, 5.74) is -0.358. The maximum atomic E-state index is 12.2. The van der Waals surface area contributed by atoms with Crippen LogP contribution >= 0.6 is 0 Å². The second kappa shape index (κ2) is 8.41. The van der Waals surface area contributed by atoms with Gasteiger partial charge in [0, 0.05) is 32.2 Å². The standard InChI is InChI=1S/C17H24N2O7S/c1-18(13-2-7-27(22,23)12-13)17(21)11-26-16-10-25-14(8-15(16)20)9-19-3-5-24-6-4-19/h8,10,13H,2-7,9,11-12H2,1H3/t13-/m1/s1. The Morgan fingerprint density at radius 2 is 2.11 bits per heavy atom. The lowest BCUT2D eigenvalue weighted by Crippen LogP contribution is -2.40. The normalized spacial score (nSPS) is 22.5. The Balaban J connectivity index is 1.53. The number of nitrogens with zero attached hydrogens (tertiary/aromatic N) is 2. The number of ether oxygens (including phenoxy) is 2. The minimum atomic E-state index is -3.08. The van der Waals surface area contributed by atoms with Crippen LogP contribution in [0.1, 0.15) is 12.2 Å². The first-order chi connectivity index (χ1) is 12.8. The number of rotatable bonds is 6. The number of hydrogen-bond acceptors (Lipinski definition) is 8. The zero-order valence-corrected chi connectivity index (χ0v) is 16.1. The molecule has 0 unspecified atom stereocenters. The molecule has 2 aliphatic heterocycles. The lowest BCUT2D eigenvalue weighted by Gasteiger charge is -2.25. The molecule has 0 aromatic carbocycles.